The van der Waals surface area contributed by atoms with Crippen LogP contribution in [0.3, 0.4) is 0 Å². The molecule has 1 atom stereocenters. The molecule has 2 nitrogen and oxygen atoms in total. The molecule has 0 saturated carbocycles. The van der Waals surface area contributed by atoms with E-state index < -0.39 is 0 Å². The lowest BCUT2D eigenvalue weighted by Gasteiger charge is -2.23. The second-order valence-electron chi connectivity index (χ2n) is 3.78. The van der Waals surface area contributed by atoms with Gasteiger partial charge < -0.3 is 10.2 Å². The Hall–Kier alpha value is -1.96. The minimum absolute atomic E-state index is 0.146. The van der Waals surface area contributed by atoms with Crippen LogP contribution >= 0.6 is 0 Å². The molecule has 1 aromatic rings. The normalized spacial score (nSPS) is 18.9. The van der Waals surface area contributed by atoms with Crippen LogP contribution in [0.25, 0.3) is 0 Å². The number of nitrogens with zero attached hydrogens (tertiary/aromatic N) is 1. The Kier molecular flexibility index (Phi) is 2.82. The van der Waals surface area contributed by atoms with Crippen LogP contribution in [0.1, 0.15) is 0 Å². The van der Waals surface area contributed by atoms with Crippen molar-refractivity contribution >= 4 is 11.4 Å². The largest absolute Gasteiger partial charge is 0.360 e. The summed E-state index contributed by atoms with van der Waals surface area (Å²) < 4.78 is 0. The second kappa shape index (κ2) is 4.27. The minimum Gasteiger partial charge on any atom is -0.360 e. The van der Waals surface area contributed by atoms with Gasteiger partial charge in [-0.15, -0.1) is 0 Å². The molecule has 2 rings (SSSR count). The summed E-state index contributed by atoms with van der Waals surface area (Å²) in [6.45, 7) is 7.56. The zero-order valence-corrected chi connectivity index (χ0v) is 9.48. The summed E-state index contributed by atoms with van der Waals surface area (Å²) in [4.78, 5) is 2.20. The Bertz CT molecular complexity index is 446. The number of nitrogens with one attached hydrogen (secondary N) is 1. The van der Waals surface area contributed by atoms with Gasteiger partial charge in [0.05, 0.1) is 11.4 Å². The van der Waals surface area contributed by atoms with E-state index in [1.54, 1.807) is 6.08 Å². The van der Waals surface area contributed by atoms with Gasteiger partial charge in [-0.1, -0.05) is 43.5 Å². The van der Waals surface area contributed by atoms with Crippen LogP contribution in [0, 0.1) is 0 Å². The van der Waals surface area contributed by atoms with Crippen LogP contribution in [-0.4, -0.2) is 13.2 Å². The molecule has 0 bridgehead atoms. The zero-order chi connectivity index (χ0) is 11.5. The van der Waals surface area contributed by atoms with Crippen molar-refractivity contribution in [3.05, 3.63) is 61.2 Å². The van der Waals surface area contributed by atoms with Crippen LogP contribution in [0.4, 0.5) is 11.4 Å². The molecule has 1 N–H and O–H groups in total. The minimum atomic E-state index is 0.146. The van der Waals surface area contributed by atoms with Crippen LogP contribution in [0.5, 0.6) is 0 Å². The van der Waals surface area contributed by atoms with E-state index in [0.29, 0.717) is 0 Å². The SMILES string of the molecule is C=C/C=C(\C=C)C1Nc2ccccc2N1C. The lowest BCUT2D eigenvalue weighted by Crippen LogP contribution is -2.33. The third kappa shape index (κ3) is 1.63. The smallest absolute Gasteiger partial charge is 0.125 e. The van der Waals surface area contributed by atoms with Gasteiger partial charge >= 0.3 is 0 Å². The number of allylic oxidation sites excluding steroid dienone is 2. The van der Waals surface area contributed by atoms with Gasteiger partial charge in [0.2, 0.25) is 0 Å². The summed E-state index contributed by atoms with van der Waals surface area (Å²) in [6, 6.07) is 8.27. The monoisotopic (exact) mass is 212 g/mol. The molecular weight excluding hydrogens is 196 g/mol. The standard InChI is InChI=1S/C14H16N2/c1-4-8-11(5-2)14-15-12-9-6-7-10-13(12)16(14)3/h4-10,14-15H,1-2H2,3H3/b11-8+. The highest BCUT2D eigenvalue weighted by Crippen LogP contribution is 2.35. The maximum absolute atomic E-state index is 3.84. The summed E-state index contributed by atoms with van der Waals surface area (Å²) in [7, 11) is 2.07. The first kappa shape index (κ1) is 10.6. The number of fused-ring (bicyclic) bond motifs is 1. The van der Waals surface area contributed by atoms with Crippen molar-refractivity contribution in [2.75, 3.05) is 17.3 Å². The fourth-order valence-corrected chi connectivity index (χ4v) is 2.00. The van der Waals surface area contributed by atoms with E-state index in [9.17, 15) is 0 Å². The predicted octanol–water partition coefficient (Wildman–Crippen LogP) is 3.17. The average Bonchev–Trinajstić information content (AvgIpc) is 2.64. The van der Waals surface area contributed by atoms with E-state index in [1.807, 2.05) is 24.3 Å². The van der Waals surface area contributed by atoms with Gasteiger partial charge in [-0.25, -0.2) is 0 Å². The highest BCUT2D eigenvalue weighted by atomic mass is 15.3. The number of likely N-dealkylation sites (N-methyl/N-ethyl adjacent to an activating group) is 1. The molecule has 16 heavy (non-hydrogen) atoms. The van der Waals surface area contributed by atoms with Crippen molar-refractivity contribution in [1.82, 2.24) is 0 Å². The lowest BCUT2D eigenvalue weighted by molar-refractivity contribution is 0.850. The summed E-state index contributed by atoms with van der Waals surface area (Å²) in [5, 5.41) is 3.46. The Morgan fingerprint density at radius 2 is 2.12 bits per heavy atom. The molecule has 0 aromatic heterocycles. The number of rotatable bonds is 3. The van der Waals surface area contributed by atoms with Crippen molar-refractivity contribution in [2.24, 2.45) is 0 Å². The van der Waals surface area contributed by atoms with Gasteiger partial charge in [-0.2, -0.15) is 0 Å². The predicted molar refractivity (Wildman–Crippen MR) is 70.7 cm³/mol. The molecule has 2 heteroatoms. The van der Waals surface area contributed by atoms with Crippen molar-refractivity contribution in [3.63, 3.8) is 0 Å². The number of benzene rings is 1. The van der Waals surface area contributed by atoms with Gasteiger partial charge in [-0.3, -0.25) is 0 Å². The molecule has 0 spiro atoms. The molecule has 0 aliphatic carbocycles. The molecule has 0 saturated heterocycles. The summed E-state index contributed by atoms with van der Waals surface area (Å²) in [5.74, 6) is 0. The molecule has 1 aliphatic heterocycles. The Morgan fingerprint density at radius 3 is 2.75 bits per heavy atom. The van der Waals surface area contributed by atoms with E-state index in [0.717, 1.165) is 11.3 Å². The topological polar surface area (TPSA) is 15.3 Å². The fourth-order valence-electron chi connectivity index (χ4n) is 2.00. The zero-order valence-electron chi connectivity index (χ0n) is 9.48. The molecule has 1 aliphatic rings. The van der Waals surface area contributed by atoms with Crippen molar-refractivity contribution in [1.29, 1.82) is 0 Å². The van der Waals surface area contributed by atoms with Crippen molar-refractivity contribution in [2.45, 2.75) is 6.17 Å². The number of hydrogen-bond acceptors (Lipinski definition) is 2. The van der Waals surface area contributed by atoms with Crippen LogP contribution in [0.2, 0.25) is 0 Å². The maximum Gasteiger partial charge on any atom is 0.125 e. The molecular formula is C14H16N2. The Labute approximate surface area is 96.6 Å². The van der Waals surface area contributed by atoms with Crippen LogP contribution in [-0.2, 0) is 0 Å². The van der Waals surface area contributed by atoms with E-state index in [4.69, 9.17) is 0 Å². The molecule has 82 valence electrons. The molecule has 1 unspecified atom stereocenters. The first-order valence-electron chi connectivity index (χ1n) is 5.31. The summed E-state index contributed by atoms with van der Waals surface area (Å²) >= 11 is 0. The lowest BCUT2D eigenvalue weighted by atomic mass is 10.2. The first-order valence-corrected chi connectivity index (χ1v) is 5.31. The van der Waals surface area contributed by atoms with E-state index >= 15 is 0 Å². The Morgan fingerprint density at radius 1 is 1.38 bits per heavy atom. The maximum atomic E-state index is 3.84. The third-order valence-electron chi connectivity index (χ3n) is 2.83. The third-order valence-corrected chi connectivity index (χ3v) is 2.83. The Balaban J connectivity index is 2.34. The van der Waals surface area contributed by atoms with E-state index in [1.165, 1.54) is 5.69 Å². The number of anilines is 2. The summed E-state index contributed by atoms with van der Waals surface area (Å²) in [5.41, 5.74) is 3.49. The second-order valence-corrected chi connectivity index (χ2v) is 3.78. The summed E-state index contributed by atoms with van der Waals surface area (Å²) in [6.07, 6.45) is 5.78. The molecule has 1 heterocycles. The first-order chi connectivity index (χ1) is 7.77. The van der Waals surface area contributed by atoms with E-state index in [-0.39, 0.29) is 6.17 Å². The fraction of sp³-hybridized carbons (Fsp3) is 0.143. The molecule has 0 fully saturated rings. The average molecular weight is 212 g/mol. The van der Waals surface area contributed by atoms with Gasteiger partial charge in [0.25, 0.3) is 0 Å². The van der Waals surface area contributed by atoms with Gasteiger partial charge in [-0.05, 0) is 17.7 Å². The van der Waals surface area contributed by atoms with Crippen molar-refractivity contribution < 1.29 is 0 Å². The van der Waals surface area contributed by atoms with Gasteiger partial charge in [0, 0.05) is 7.05 Å². The number of para-hydroxylation sites is 2. The highest BCUT2D eigenvalue weighted by Gasteiger charge is 2.26. The van der Waals surface area contributed by atoms with Crippen LogP contribution < -0.4 is 10.2 Å². The quantitative estimate of drug-likeness (QED) is 0.774. The molecule has 0 amide bonds. The number of hydrogen-bond donors (Lipinski definition) is 1. The van der Waals surface area contributed by atoms with Gasteiger partial charge in [0.15, 0.2) is 0 Å². The van der Waals surface area contributed by atoms with E-state index in [2.05, 4.69) is 42.6 Å². The van der Waals surface area contributed by atoms with Gasteiger partial charge in [0.1, 0.15) is 6.17 Å². The molecule has 1 aromatic carbocycles. The van der Waals surface area contributed by atoms with Crippen LogP contribution in [0.15, 0.2) is 61.2 Å². The molecule has 0 radical (unpaired) electrons. The van der Waals surface area contributed by atoms with Crippen molar-refractivity contribution in [3.8, 4) is 0 Å². The highest BCUT2D eigenvalue weighted by molar-refractivity contribution is 5.77.